The SMILES string of the molecule is O=C(O)C(Cc1c[nH]cn1)NCC(=O)C(O)C(O)C(O)CO. The first-order chi connectivity index (χ1) is 10.4. The zero-order valence-electron chi connectivity index (χ0n) is 11.6. The number of aliphatic hydroxyl groups is 4. The van der Waals surface area contributed by atoms with Crippen LogP contribution in [0.4, 0.5) is 0 Å². The van der Waals surface area contributed by atoms with Crippen LogP contribution in [-0.4, -0.2) is 84.8 Å². The quantitative estimate of drug-likeness (QED) is 0.232. The van der Waals surface area contributed by atoms with E-state index in [0.29, 0.717) is 5.69 Å². The molecule has 0 radical (unpaired) electrons. The Morgan fingerprint density at radius 2 is 2.00 bits per heavy atom. The number of nitrogens with zero attached hydrogens (tertiary/aromatic N) is 1. The maximum absolute atomic E-state index is 11.7. The van der Waals surface area contributed by atoms with Gasteiger partial charge in [-0.15, -0.1) is 0 Å². The van der Waals surface area contributed by atoms with Crippen molar-refractivity contribution in [1.82, 2.24) is 15.3 Å². The van der Waals surface area contributed by atoms with E-state index >= 15 is 0 Å². The number of aromatic amines is 1. The largest absolute Gasteiger partial charge is 0.480 e. The van der Waals surface area contributed by atoms with Gasteiger partial charge in [0.25, 0.3) is 0 Å². The van der Waals surface area contributed by atoms with Gasteiger partial charge in [0.2, 0.25) is 0 Å². The second-order valence-electron chi connectivity index (χ2n) is 4.69. The highest BCUT2D eigenvalue weighted by Crippen LogP contribution is 2.03. The number of hydrogen-bond acceptors (Lipinski definition) is 8. The highest BCUT2D eigenvalue weighted by molar-refractivity contribution is 5.86. The molecule has 0 bridgehead atoms. The predicted molar refractivity (Wildman–Crippen MR) is 71.8 cm³/mol. The van der Waals surface area contributed by atoms with E-state index in [1.165, 1.54) is 12.5 Å². The molecule has 0 fully saturated rings. The van der Waals surface area contributed by atoms with E-state index in [9.17, 15) is 19.8 Å². The molecule has 10 nitrogen and oxygen atoms in total. The summed E-state index contributed by atoms with van der Waals surface area (Å²) in [6.45, 7) is -1.35. The molecule has 4 unspecified atom stereocenters. The first kappa shape index (κ1) is 18.2. The van der Waals surface area contributed by atoms with Gasteiger partial charge in [-0.1, -0.05) is 0 Å². The van der Waals surface area contributed by atoms with Crippen molar-refractivity contribution in [3.8, 4) is 0 Å². The fraction of sp³-hybridized carbons (Fsp3) is 0.583. The number of carbonyl (C=O) groups is 2. The fourth-order valence-corrected chi connectivity index (χ4v) is 1.70. The van der Waals surface area contributed by atoms with E-state index in [1.807, 2.05) is 0 Å². The molecule has 1 heterocycles. The first-order valence-electron chi connectivity index (χ1n) is 6.48. The van der Waals surface area contributed by atoms with Crippen LogP contribution in [0.5, 0.6) is 0 Å². The van der Waals surface area contributed by atoms with Crippen LogP contribution in [0, 0.1) is 0 Å². The molecule has 7 N–H and O–H groups in total. The van der Waals surface area contributed by atoms with Gasteiger partial charge in [-0.2, -0.15) is 0 Å². The van der Waals surface area contributed by atoms with Crippen LogP contribution in [0.25, 0.3) is 0 Å². The minimum Gasteiger partial charge on any atom is -0.480 e. The van der Waals surface area contributed by atoms with E-state index in [0.717, 1.165) is 0 Å². The molecule has 1 rings (SSSR count). The summed E-state index contributed by atoms with van der Waals surface area (Å²) in [4.78, 5) is 29.3. The smallest absolute Gasteiger partial charge is 0.321 e. The lowest BCUT2D eigenvalue weighted by Gasteiger charge is -2.21. The fourth-order valence-electron chi connectivity index (χ4n) is 1.70. The maximum atomic E-state index is 11.7. The standard InChI is InChI=1S/C12H19N3O7/c16-4-9(18)11(20)10(19)8(17)3-14-7(12(21)22)1-6-2-13-5-15-6/h2,5,7,9-11,14,16,18-20H,1,3-4H2,(H,13,15)(H,21,22). The van der Waals surface area contributed by atoms with Gasteiger partial charge in [-0.25, -0.2) is 4.98 Å². The van der Waals surface area contributed by atoms with Crippen LogP contribution in [0.2, 0.25) is 0 Å². The van der Waals surface area contributed by atoms with Crippen LogP contribution >= 0.6 is 0 Å². The molecule has 0 aromatic carbocycles. The van der Waals surface area contributed by atoms with Crippen molar-refractivity contribution < 1.29 is 35.1 Å². The van der Waals surface area contributed by atoms with Crippen molar-refractivity contribution in [1.29, 1.82) is 0 Å². The topological polar surface area (TPSA) is 176 Å². The van der Waals surface area contributed by atoms with Crippen LogP contribution in [0.3, 0.4) is 0 Å². The van der Waals surface area contributed by atoms with E-state index in [4.69, 9.17) is 15.3 Å². The Kier molecular flexibility index (Phi) is 7.08. The molecule has 0 amide bonds. The number of H-pyrrole nitrogens is 1. The summed E-state index contributed by atoms with van der Waals surface area (Å²) in [6, 6.07) is -1.11. The van der Waals surface area contributed by atoms with Crippen molar-refractivity contribution in [2.45, 2.75) is 30.8 Å². The number of aliphatic hydroxyl groups excluding tert-OH is 4. The average Bonchev–Trinajstić information content (AvgIpc) is 3.01. The van der Waals surface area contributed by atoms with Crippen molar-refractivity contribution in [2.24, 2.45) is 0 Å². The van der Waals surface area contributed by atoms with Crippen molar-refractivity contribution in [3.63, 3.8) is 0 Å². The Morgan fingerprint density at radius 1 is 1.32 bits per heavy atom. The molecule has 0 spiro atoms. The Balaban J connectivity index is 2.53. The number of carboxylic acid groups (broad SMARTS) is 1. The molecule has 124 valence electrons. The van der Waals surface area contributed by atoms with Gasteiger partial charge in [-0.05, 0) is 0 Å². The van der Waals surface area contributed by atoms with E-state index in [1.54, 1.807) is 0 Å². The summed E-state index contributed by atoms with van der Waals surface area (Å²) in [5, 5.41) is 48.2. The molecule has 4 atom stereocenters. The highest BCUT2D eigenvalue weighted by Gasteiger charge is 2.30. The van der Waals surface area contributed by atoms with Crippen LogP contribution in [-0.2, 0) is 16.0 Å². The third-order valence-electron chi connectivity index (χ3n) is 3.02. The predicted octanol–water partition coefficient (Wildman–Crippen LogP) is -3.36. The average molecular weight is 317 g/mol. The summed E-state index contributed by atoms with van der Waals surface area (Å²) in [5.74, 6) is -2.12. The minimum atomic E-state index is -1.94. The first-order valence-corrected chi connectivity index (χ1v) is 6.48. The Hall–Kier alpha value is -1.85. The zero-order valence-corrected chi connectivity index (χ0v) is 11.6. The van der Waals surface area contributed by atoms with Gasteiger partial charge in [0.1, 0.15) is 24.4 Å². The van der Waals surface area contributed by atoms with Crippen LogP contribution in [0.15, 0.2) is 12.5 Å². The van der Waals surface area contributed by atoms with Gasteiger partial charge in [0, 0.05) is 12.6 Å². The Bertz CT molecular complexity index is 479. The maximum Gasteiger partial charge on any atom is 0.321 e. The van der Waals surface area contributed by atoms with Crippen LogP contribution < -0.4 is 5.32 Å². The lowest BCUT2D eigenvalue weighted by molar-refractivity contribution is -0.141. The molecule has 0 aliphatic heterocycles. The third-order valence-corrected chi connectivity index (χ3v) is 3.02. The number of rotatable bonds is 10. The van der Waals surface area contributed by atoms with Gasteiger partial charge in [0.15, 0.2) is 5.78 Å². The van der Waals surface area contributed by atoms with E-state index < -0.39 is 49.3 Å². The van der Waals surface area contributed by atoms with Gasteiger partial charge in [0.05, 0.1) is 25.2 Å². The molecule has 0 saturated heterocycles. The number of aromatic nitrogens is 2. The number of imidazole rings is 1. The van der Waals surface area contributed by atoms with Gasteiger partial charge < -0.3 is 30.5 Å². The number of Topliss-reactive ketones (excluding diaryl/α,β-unsaturated/α-hetero) is 1. The lowest BCUT2D eigenvalue weighted by atomic mass is 10.0. The number of ketones is 1. The lowest BCUT2D eigenvalue weighted by Crippen LogP contribution is -2.49. The summed E-state index contributed by atoms with van der Waals surface area (Å²) < 4.78 is 0. The molecule has 0 aliphatic rings. The number of aliphatic carboxylic acids is 1. The second kappa shape index (κ2) is 8.56. The number of hydrogen-bond donors (Lipinski definition) is 7. The number of nitrogens with one attached hydrogen (secondary N) is 2. The summed E-state index contributed by atoms with van der Waals surface area (Å²) in [7, 11) is 0. The molecular formula is C12H19N3O7. The van der Waals surface area contributed by atoms with E-state index in [2.05, 4.69) is 15.3 Å². The number of carboxylic acids is 1. The highest BCUT2D eigenvalue weighted by atomic mass is 16.4. The van der Waals surface area contributed by atoms with Crippen molar-refractivity contribution in [3.05, 3.63) is 18.2 Å². The Morgan fingerprint density at radius 3 is 2.50 bits per heavy atom. The van der Waals surface area contributed by atoms with Crippen molar-refractivity contribution >= 4 is 11.8 Å². The van der Waals surface area contributed by atoms with Gasteiger partial charge in [-0.3, -0.25) is 14.9 Å². The molecular weight excluding hydrogens is 298 g/mol. The molecule has 0 aliphatic carbocycles. The summed E-state index contributed by atoms with van der Waals surface area (Å²) >= 11 is 0. The second-order valence-corrected chi connectivity index (χ2v) is 4.69. The minimum absolute atomic E-state index is 0.0179. The molecule has 0 saturated carbocycles. The van der Waals surface area contributed by atoms with E-state index in [-0.39, 0.29) is 6.42 Å². The zero-order chi connectivity index (χ0) is 16.7. The van der Waals surface area contributed by atoms with Crippen LogP contribution in [0.1, 0.15) is 5.69 Å². The normalized spacial score (nSPS) is 16.7. The molecule has 1 aromatic rings. The third kappa shape index (κ3) is 5.16. The molecule has 1 aromatic heterocycles. The van der Waals surface area contributed by atoms with Crippen molar-refractivity contribution in [2.75, 3.05) is 13.2 Å². The monoisotopic (exact) mass is 317 g/mol. The molecule has 10 heteroatoms. The summed E-state index contributed by atoms with van der Waals surface area (Å²) in [5.41, 5.74) is 0.476. The molecule has 22 heavy (non-hydrogen) atoms. The van der Waals surface area contributed by atoms with Gasteiger partial charge >= 0.3 is 5.97 Å². The number of carbonyl (C=O) groups excluding carboxylic acids is 1. The summed E-state index contributed by atoms with van der Waals surface area (Å²) in [6.07, 6.45) is -2.54. The Labute approximate surface area is 125 Å².